The normalized spacial score (nSPS) is 13.1. The second-order valence-electron chi connectivity index (χ2n) is 7.70. The maximum absolute atomic E-state index is 12.6. The summed E-state index contributed by atoms with van der Waals surface area (Å²) >= 11 is 6.39. The molecule has 0 bridgehead atoms. The van der Waals surface area contributed by atoms with Crippen molar-refractivity contribution in [2.75, 3.05) is 19.5 Å². The molecule has 0 radical (unpaired) electrons. The summed E-state index contributed by atoms with van der Waals surface area (Å²) in [6, 6.07) is 9.41. The highest BCUT2D eigenvalue weighted by Gasteiger charge is 2.21. The monoisotopic (exact) mass is 452 g/mol. The number of aromatic nitrogens is 1. The number of amides is 1. The van der Waals surface area contributed by atoms with Gasteiger partial charge in [-0.15, -0.1) is 0 Å². The SMILES string of the molecule is COc1ccc(/C=C/C(=O)Nc2cc(-c3onc4c3CCCC4)ccc2C)c(Cl)c1OC. The lowest BCUT2D eigenvalue weighted by Gasteiger charge is -2.12. The molecule has 1 N–H and O–H groups in total. The van der Waals surface area contributed by atoms with Crippen LogP contribution >= 0.6 is 11.6 Å². The van der Waals surface area contributed by atoms with E-state index in [2.05, 4.69) is 10.5 Å². The maximum Gasteiger partial charge on any atom is 0.248 e. The van der Waals surface area contributed by atoms with Crippen molar-refractivity contribution in [3.05, 3.63) is 63.8 Å². The van der Waals surface area contributed by atoms with Crippen LogP contribution in [-0.4, -0.2) is 25.3 Å². The number of carbonyl (C=O) groups is 1. The van der Waals surface area contributed by atoms with Crippen molar-refractivity contribution >= 4 is 29.3 Å². The number of methoxy groups -OCH3 is 2. The van der Waals surface area contributed by atoms with Crippen LogP contribution in [0.2, 0.25) is 5.02 Å². The predicted octanol–water partition coefficient (Wildman–Crippen LogP) is 5.85. The molecule has 0 saturated carbocycles. The topological polar surface area (TPSA) is 73.6 Å². The smallest absolute Gasteiger partial charge is 0.248 e. The number of nitrogens with one attached hydrogen (secondary N) is 1. The number of benzene rings is 2. The van der Waals surface area contributed by atoms with E-state index in [4.69, 9.17) is 25.6 Å². The van der Waals surface area contributed by atoms with Crippen molar-refractivity contribution in [2.45, 2.75) is 32.6 Å². The van der Waals surface area contributed by atoms with Gasteiger partial charge in [0.15, 0.2) is 17.3 Å². The predicted molar refractivity (Wildman–Crippen MR) is 126 cm³/mol. The third-order valence-electron chi connectivity index (χ3n) is 5.65. The van der Waals surface area contributed by atoms with Crippen LogP contribution in [0.1, 0.15) is 35.2 Å². The zero-order chi connectivity index (χ0) is 22.7. The van der Waals surface area contributed by atoms with Gasteiger partial charge in [-0.1, -0.05) is 28.9 Å². The van der Waals surface area contributed by atoms with E-state index < -0.39 is 0 Å². The molecule has 2 aromatic carbocycles. The molecule has 4 rings (SSSR count). The number of hydrogen-bond donors (Lipinski definition) is 1. The van der Waals surface area contributed by atoms with E-state index in [0.29, 0.717) is 22.1 Å². The van der Waals surface area contributed by atoms with Crippen LogP contribution in [0.5, 0.6) is 11.5 Å². The third kappa shape index (κ3) is 4.36. The van der Waals surface area contributed by atoms with Gasteiger partial charge in [-0.05, 0) is 68.0 Å². The number of rotatable bonds is 6. The first-order valence-electron chi connectivity index (χ1n) is 10.5. The Labute approximate surface area is 192 Å². The summed E-state index contributed by atoms with van der Waals surface area (Å²) in [7, 11) is 3.06. The van der Waals surface area contributed by atoms with Crippen LogP contribution in [0.4, 0.5) is 5.69 Å². The molecule has 0 spiro atoms. The van der Waals surface area contributed by atoms with Crippen molar-refractivity contribution in [3.63, 3.8) is 0 Å². The lowest BCUT2D eigenvalue weighted by molar-refractivity contribution is -0.111. The second kappa shape index (κ2) is 9.49. The van der Waals surface area contributed by atoms with Crippen LogP contribution in [0, 0.1) is 6.92 Å². The van der Waals surface area contributed by atoms with Crippen LogP contribution < -0.4 is 14.8 Å². The number of carbonyl (C=O) groups excluding carboxylic acids is 1. The van der Waals surface area contributed by atoms with Gasteiger partial charge < -0.3 is 19.3 Å². The Morgan fingerprint density at radius 2 is 1.97 bits per heavy atom. The van der Waals surface area contributed by atoms with Gasteiger partial charge in [0, 0.05) is 22.9 Å². The molecule has 1 aromatic heterocycles. The molecule has 0 unspecified atom stereocenters. The molecule has 166 valence electrons. The van der Waals surface area contributed by atoms with Crippen molar-refractivity contribution in [1.82, 2.24) is 5.16 Å². The van der Waals surface area contributed by atoms with E-state index in [1.165, 1.54) is 18.7 Å². The fourth-order valence-electron chi connectivity index (χ4n) is 3.89. The van der Waals surface area contributed by atoms with Crippen LogP contribution in [0.3, 0.4) is 0 Å². The highest BCUT2D eigenvalue weighted by molar-refractivity contribution is 6.34. The van der Waals surface area contributed by atoms with Gasteiger partial charge in [0.2, 0.25) is 5.91 Å². The van der Waals surface area contributed by atoms with Gasteiger partial charge in [0.05, 0.1) is 24.9 Å². The molecule has 0 fully saturated rings. The van der Waals surface area contributed by atoms with Gasteiger partial charge in [-0.3, -0.25) is 4.79 Å². The number of hydrogen-bond acceptors (Lipinski definition) is 5. The van der Waals surface area contributed by atoms with E-state index in [1.54, 1.807) is 25.3 Å². The number of halogens is 1. The standard InChI is InChI=1S/C25H25ClN2O4/c1-15-8-9-17(24-18-6-4-5-7-19(18)28-32-24)14-20(15)27-22(29)13-11-16-10-12-21(30-2)25(31-3)23(16)26/h8-14H,4-7H2,1-3H3,(H,27,29)/b13-11+. The van der Waals surface area contributed by atoms with Crippen molar-refractivity contribution in [3.8, 4) is 22.8 Å². The molecule has 0 saturated heterocycles. The zero-order valence-electron chi connectivity index (χ0n) is 18.3. The van der Waals surface area contributed by atoms with E-state index in [0.717, 1.165) is 54.0 Å². The average Bonchev–Trinajstić information content (AvgIpc) is 3.23. The van der Waals surface area contributed by atoms with Crippen molar-refractivity contribution in [1.29, 1.82) is 0 Å². The first kappa shape index (κ1) is 22.0. The minimum absolute atomic E-state index is 0.268. The largest absolute Gasteiger partial charge is 0.493 e. The van der Waals surface area contributed by atoms with E-state index in [-0.39, 0.29) is 5.91 Å². The van der Waals surface area contributed by atoms with Crippen LogP contribution in [0.15, 0.2) is 40.9 Å². The summed E-state index contributed by atoms with van der Waals surface area (Å²) in [5.41, 5.74) is 5.46. The summed E-state index contributed by atoms with van der Waals surface area (Å²) in [5.74, 6) is 1.48. The minimum atomic E-state index is -0.268. The molecule has 0 atom stereocenters. The summed E-state index contributed by atoms with van der Waals surface area (Å²) < 4.78 is 16.2. The lowest BCUT2D eigenvalue weighted by atomic mass is 9.93. The zero-order valence-corrected chi connectivity index (χ0v) is 19.1. The molecule has 32 heavy (non-hydrogen) atoms. The molecule has 1 amide bonds. The molecule has 0 aliphatic heterocycles. The summed E-state index contributed by atoms with van der Waals surface area (Å²) in [4.78, 5) is 12.6. The molecular formula is C25H25ClN2O4. The number of fused-ring (bicyclic) bond motifs is 1. The Kier molecular flexibility index (Phi) is 6.51. The summed E-state index contributed by atoms with van der Waals surface area (Å²) in [6.45, 7) is 1.95. The van der Waals surface area contributed by atoms with Crippen molar-refractivity contribution in [2.24, 2.45) is 0 Å². The highest BCUT2D eigenvalue weighted by atomic mass is 35.5. The Morgan fingerprint density at radius 1 is 1.16 bits per heavy atom. The second-order valence-corrected chi connectivity index (χ2v) is 8.08. The minimum Gasteiger partial charge on any atom is -0.493 e. The molecule has 1 heterocycles. The van der Waals surface area contributed by atoms with Crippen LogP contribution in [0.25, 0.3) is 17.4 Å². The maximum atomic E-state index is 12.6. The Hall–Kier alpha value is -3.25. The number of aryl methyl sites for hydroxylation is 2. The summed E-state index contributed by atoms with van der Waals surface area (Å²) in [6.07, 6.45) is 7.29. The van der Waals surface area contributed by atoms with E-state index in [1.807, 2.05) is 25.1 Å². The van der Waals surface area contributed by atoms with Crippen LogP contribution in [-0.2, 0) is 17.6 Å². The molecule has 3 aromatic rings. The quantitative estimate of drug-likeness (QED) is 0.475. The lowest BCUT2D eigenvalue weighted by Crippen LogP contribution is -2.09. The fourth-order valence-corrected chi connectivity index (χ4v) is 4.18. The van der Waals surface area contributed by atoms with E-state index in [9.17, 15) is 4.79 Å². The molecular weight excluding hydrogens is 428 g/mol. The number of ether oxygens (including phenoxy) is 2. The van der Waals surface area contributed by atoms with E-state index >= 15 is 0 Å². The van der Waals surface area contributed by atoms with Gasteiger partial charge >= 0.3 is 0 Å². The molecule has 6 nitrogen and oxygen atoms in total. The number of anilines is 1. The Balaban J connectivity index is 1.54. The van der Waals surface area contributed by atoms with Gasteiger partial charge in [0.1, 0.15) is 0 Å². The third-order valence-corrected chi connectivity index (χ3v) is 6.04. The molecule has 1 aliphatic rings. The van der Waals surface area contributed by atoms with Gasteiger partial charge in [0.25, 0.3) is 0 Å². The average molecular weight is 453 g/mol. The van der Waals surface area contributed by atoms with Crippen molar-refractivity contribution < 1.29 is 18.8 Å². The Morgan fingerprint density at radius 3 is 2.75 bits per heavy atom. The fraction of sp³-hybridized carbons (Fsp3) is 0.280. The first-order chi connectivity index (χ1) is 15.5. The number of nitrogens with zero attached hydrogens (tertiary/aromatic N) is 1. The molecule has 1 aliphatic carbocycles. The first-order valence-corrected chi connectivity index (χ1v) is 10.9. The Bertz CT molecular complexity index is 1180. The molecule has 7 heteroatoms. The van der Waals surface area contributed by atoms with Gasteiger partial charge in [-0.2, -0.15) is 0 Å². The highest BCUT2D eigenvalue weighted by Crippen LogP contribution is 2.38. The summed E-state index contributed by atoms with van der Waals surface area (Å²) in [5, 5.41) is 7.56. The van der Waals surface area contributed by atoms with Gasteiger partial charge in [-0.25, -0.2) is 0 Å².